The normalized spacial score (nSPS) is 11.1. The van der Waals surface area contributed by atoms with Crippen LogP contribution in [0.5, 0.6) is 11.5 Å². The summed E-state index contributed by atoms with van der Waals surface area (Å²) < 4.78 is 34.6. The van der Waals surface area contributed by atoms with Gasteiger partial charge in [0.1, 0.15) is 11.5 Å². The molecule has 0 aliphatic rings. The Morgan fingerprint density at radius 1 is 0.780 bits per heavy atom. The zero-order valence-electron chi connectivity index (χ0n) is 22.2. The lowest BCUT2D eigenvalue weighted by Gasteiger charge is -2.26. The molecule has 206 valence electrons. The zero-order chi connectivity index (χ0) is 28.8. The van der Waals surface area contributed by atoms with Crippen LogP contribution in [-0.2, 0) is 16.6 Å². The van der Waals surface area contributed by atoms with Crippen molar-refractivity contribution < 1.29 is 17.9 Å². The molecule has 1 amide bonds. The summed E-state index contributed by atoms with van der Waals surface area (Å²) in [6, 6.07) is 36.8. The molecule has 5 aromatic rings. The summed E-state index contributed by atoms with van der Waals surface area (Å²) in [7, 11) is -3.90. The standard InChI is InChI=1S/C33H27ClN2O4S/c1-24-12-17-27(34)22-32(24)36(41(38,39)31-10-6-3-7-11-31)23-25-13-15-26(16-14-25)33(37)35-28-18-20-30(21-19-28)40-29-8-4-2-5-9-29/h2-22H,23H2,1H3,(H,35,37). The average Bonchev–Trinajstić information content (AvgIpc) is 2.99. The van der Waals surface area contributed by atoms with Crippen LogP contribution >= 0.6 is 11.6 Å². The zero-order valence-corrected chi connectivity index (χ0v) is 23.8. The summed E-state index contributed by atoms with van der Waals surface area (Å²) in [5, 5.41) is 3.32. The summed E-state index contributed by atoms with van der Waals surface area (Å²) in [5.41, 5.74) is 3.03. The minimum atomic E-state index is -3.90. The lowest BCUT2D eigenvalue weighted by molar-refractivity contribution is 0.102. The van der Waals surface area contributed by atoms with E-state index in [0.717, 1.165) is 11.3 Å². The first-order valence-corrected chi connectivity index (χ1v) is 14.7. The van der Waals surface area contributed by atoms with Gasteiger partial charge in [-0.1, -0.05) is 66.2 Å². The van der Waals surface area contributed by atoms with Crippen LogP contribution in [0.15, 0.2) is 132 Å². The SMILES string of the molecule is Cc1ccc(Cl)cc1N(Cc1ccc(C(=O)Nc2ccc(Oc3ccccc3)cc2)cc1)S(=O)(=O)c1ccccc1. The molecule has 0 spiro atoms. The Kier molecular flexibility index (Phi) is 8.38. The second kappa shape index (κ2) is 12.3. The predicted octanol–water partition coefficient (Wildman–Crippen LogP) is 8.09. The number of amides is 1. The number of nitrogens with one attached hydrogen (secondary N) is 1. The number of halogens is 1. The summed E-state index contributed by atoms with van der Waals surface area (Å²) in [5.74, 6) is 1.10. The van der Waals surface area contributed by atoms with Crippen molar-refractivity contribution in [2.75, 3.05) is 9.62 Å². The topological polar surface area (TPSA) is 75.7 Å². The van der Waals surface area contributed by atoms with Crippen LogP contribution in [-0.4, -0.2) is 14.3 Å². The van der Waals surface area contributed by atoms with Crippen LogP contribution in [0.3, 0.4) is 0 Å². The first-order valence-electron chi connectivity index (χ1n) is 12.9. The number of hydrogen-bond acceptors (Lipinski definition) is 4. The lowest BCUT2D eigenvalue weighted by atomic mass is 10.1. The maximum Gasteiger partial charge on any atom is 0.264 e. The van der Waals surface area contributed by atoms with Crippen molar-refractivity contribution in [1.82, 2.24) is 0 Å². The summed E-state index contributed by atoms with van der Waals surface area (Å²) in [6.07, 6.45) is 0. The highest BCUT2D eigenvalue weighted by atomic mass is 35.5. The van der Waals surface area contributed by atoms with E-state index >= 15 is 0 Å². The van der Waals surface area contributed by atoms with Gasteiger partial charge in [0.15, 0.2) is 0 Å². The van der Waals surface area contributed by atoms with E-state index in [9.17, 15) is 13.2 Å². The Balaban J connectivity index is 1.32. The Bertz CT molecular complexity index is 1740. The number of sulfonamides is 1. The van der Waals surface area contributed by atoms with E-state index in [1.54, 1.807) is 97.1 Å². The highest BCUT2D eigenvalue weighted by molar-refractivity contribution is 7.92. The summed E-state index contributed by atoms with van der Waals surface area (Å²) in [4.78, 5) is 13.1. The minimum absolute atomic E-state index is 0.0587. The number of carbonyl (C=O) groups excluding carboxylic acids is 1. The van der Waals surface area contributed by atoms with Crippen molar-refractivity contribution in [1.29, 1.82) is 0 Å². The van der Waals surface area contributed by atoms with Crippen molar-refractivity contribution in [3.63, 3.8) is 0 Å². The predicted molar refractivity (Wildman–Crippen MR) is 163 cm³/mol. The molecule has 0 aromatic heterocycles. The number of benzene rings is 5. The van der Waals surface area contributed by atoms with Gasteiger partial charge < -0.3 is 10.1 Å². The van der Waals surface area contributed by atoms with Crippen LogP contribution in [0.25, 0.3) is 0 Å². The highest BCUT2D eigenvalue weighted by Crippen LogP contribution is 2.31. The van der Waals surface area contributed by atoms with Gasteiger partial charge in [-0.3, -0.25) is 9.10 Å². The van der Waals surface area contributed by atoms with Gasteiger partial charge in [0.25, 0.3) is 15.9 Å². The number of nitrogens with zero attached hydrogens (tertiary/aromatic N) is 1. The van der Waals surface area contributed by atoms with Gasteiger partial charge in [0.2, 0.25) is 0 Å². The molecule has 0 saturated heterocycles. The van der Waals surface area contributed by atoms with Gasteiger partial charge in [-0.25, -0.2) is 8.42 Å². The van der Waals surface area contributed by atoms with E-state index in [0.29, 0.717) is 33.3 Å². The maximum atomic E-state index is 13.7. The first-order chi connectivity index (χ1) is 19.8. The molecule has 41 heavy (non-hydrogen) atoms. The fourth-order valence-electron chi connectivity index (χ4n) is 4.23. The van der Waals surface area contributed by atoms with Crippen LogP contribution in [0, 0.1) is 6.92 Å². The molecular weight excluding hydrogens is 556 g/mol. The molecule has 0 heterocycles. The molecular formula is C33H27ClN2O4S. The van der Waals surface area contributed by atoms with Gasteiger partial charge in [0.05, 0.1) is 17.1 Å². The molecule has 0 aliphatic carbocycles. The minimum Gasteiger partial charge on any atom is -0.457 e. The third kappa shape index (κ3) is 6.77. The lowest BCUT2D eigenvalue weighted by Crippen LogP contribution is -2.31. The Morgan fingerprint density at radius 3 is 2.05 bits per heavy atom. The van der Waals surface area contributed by atoms with Crippen LogP contribution in [0.2, 0.25) is 5.02 Å². The number of para-hydroxylation sites is 1. The monoisotopic (exact) mass is 582 g/mol. The molecule has 0 bridgehead atoms. The molecule has 5 aromatic carbocycles. The number of anilines is 2. The molecule has 0 unspecified atom stereocenters. The van der Waals surface area contributed by atoms with Crippen LogP contribution < -0.4 is 14.4 Å². The number of carbonyl (C=O) groups is 1. The molecule has 0 radical (unpaired) electrons. The number of rotatable bonds is 9. The largest absolute Gasteiger partial charge is 0.457 e. The quantitative estimate of drug-likeness (QED) is 0.190. The van der Waals surface area contributed by atoms with E-state index in [1.807, 2.05) is 37.3 Å². The highest BCUT2D eigenvalue weighted by Gasteiger charge is 2.26. The van der Waals surface area contributed by atoms with Gasteiger partial charge >= 0.3 is 0 Å². The van der Waals surface area contributed by atoms with E-state index in [-0.39, 0.29) is 17.3 Å². The molecule has 0 atom stereocenters. The van der Waals surface area contributed by atoms with Crippen LogP contribution in [0.1, 0.15) is 21.5 Å². The third-order valence-electron chi connectivity index (χ3n) is 6.40. The summed E-state index contributed by atoms with van der Waals surface area (Å²) in [6.45, 7) is 1.90. The maximum absolute atomic E-state index is 13.7. The second-order valence-electron chi connectivity index (χ2n) is 9.35. The van der Waals surface area contributed by atoms with Gasteiger partial charge in [-0.05, 0) is 90.8 Å². The number of aryl methyl sites for hydroxylation is 1. The molecule has 1 N–H and O–H groups in total. The van der Waals surface area contributed by atoms with Gasteiger partial charge in [0, 0.05) is 16.3 Å². The van der Waals surface area contributed by atoms with E-state index in [4.69, 9.17) is 16.3 Å². The van der Waals surface area contributed by atoms with Crippen molar-refractivity contribution in [2.24, 2.45) is 0 Å². The Morgan fingerprint density at radius 2 is 1.39 bits per heavy atom. The Labute approximate surface area is 244 Å². The fraction of sp³-hybridized carbons (Fsp3) is 0.0606. The van der Waals surface area contributed by atoms with E-state index in [1.165, 1.54) is 4.31 Å². The van der Waals surface area contributed by atoms with E-state index < -0.39 is 10.0 Å². The second-order valence-corrected chi connectivity index (χ2v) is 11.6. The smallest absolute Gasteiger partial charge is 0.264 e. The third-order valence-corrected chi connectivity index (χ3v) is 8.41. The molecule has 6 nitrogen and oxygen atoms in total. The number of hydrogen-bond donors (Lipinski definition) is 1. The Hall–Kier alpha value is -4.59. The molecule has 0 aliphatic heterocycles. The molecule has 0 fully saturated rings. The summed E-state index contributed by atoms with van der Waals surface area (Å²) >= 11 is 6.25. The molecule has 0 saturated carbocycles. The van der Waals surface area contributed by atoms with Crippen molar-refractivity contribution in [2.45, 2.75) is 18.4 Å². The molecule has 5 rings (SSSR count). The average molecular weight is 583 g/mol. The van der Waals surface area contributed by atoms with Gasteiger partial charge in [-0.15, -0.1) is 0 Å². The first kappa shape index (κ1) is 28.0. The number of ether oxygens (including phenoxy) is 1. The fourth-order valence-corrected chi connectivity index (χ4v) is 5.93. The van der Waals surface area contributed by atoms with Crippen molar-refractivity contribution in [3.05, 3.63) is 149 Å². The van der Waals surface area contributed by atoms with Crippen molar-refractivity contribution in [3.8, 4) is 11.5 Å². The van der Waals surface area contributed by atoms with Gasteiger partial charge in [-0.2, -0.15) is 0 Å². The van der Waals surface area contributed by atoms with Crippen molar-refractivity contribution >= 4 is 38.9 Å². The molecule has 8 heteroatoms. The van der Waals surface area contributed by atoms with Crippen LogP contribution in [0.4, 0.5) is 11.4 Å². The van der Waals surface area contributed by atoms with E-state index in [2.05, 4.69) is 5.32 Å².